The van der Waals surface area contributed by atoms with Gasteiger partial charge in [-0.15, -0.1) is 0 Å². The molecule has 5 rings (SSSR count). The van der Waals surface area contributed by atoms with Crippen LogP contribution >= 0.6 is 0 Å². The fourth-order valence-corrected chi connectivity index (χ4v) is 5.44. The molecule has 4 aliphatic rings. The largest absolute Gasteiger partial charge is 0.478 e. The number of hydrogen-bond acceptors (Lipinski definition) is 3. The molecule has 126 valence electrons. The van der Waals surface area contributed by atoms with Crippen LogP contribution in [0.4, 0.5) is 0 Å². The zero-order valence-corrected chi connectivity index (χ0v) is 13.6. The van der Waals surface area contributed by atoms with Gasteiger partial charge in [-0.3, -0.25) is 0 Å². The van der Waals surface area contributed by atoms with Gasteiger partial charge in [-0.2, -0.15) is 0 Å². The predicted octanol–water partition coefficient (Wildman–Crippen LogP) is 4.27. The minimum Gasteiger partial charge on any atom is -0.478 e. The van der Waals surface area contributed by atoms with Crippen molar-refractivity contribution in [3.8, 4) is 0 Å². The van der Waals surface area contributed by atoms with Crippen molar-refractivity contribution in [2.75, 3.05) is 0 Å². The predicted molar refractivity (Wildman–Crippen MR) is 88.6 cm³/mol. The first-order valence-corrected chi connectivity index (χ1v) is 8.75. The average molecular weight is 326 g/mol. The van der Waals surface area contributed by atoms with Crippen molar-refractivity contribution >= 4 is 11.9 Å². The highest BCUT2D eigenvalue weighted by atomic mass is 16.5. The second kappa shape index (κ2) is 5.76. The van der Waals surface area contributed by atoms with Gasteiger partial charge in [-0.1, -0.05) is 0 Å². The third-order valence-corrected chi connectivity index (χ3v) is 6.05. The Hall–Kier alpha value is -2.10. The van der Waals surface area contributed by atoms with Crippen molar-refractivity contribution < 1.29 is 19.4 Å². The van der Waals surface area contributed by atoms with Crippen molar-refractivity contribution in [3.63, 3.8) is 0 Å². The van der Waals surface area contributed by atoms with E-state index in [-0.39, 0.29) is 11.0 Å². The molecule has 0 unspecified atom stereocenters. The molecule has 4 aliphatic carbocycles. The van der Waals surface area contributed by atoms with Gasteiger partial charge < -0.3 is 9.84 Å². The molecule has 0 spiro atoms. The van der Waals surface area contributed by atoms with Gasteiger partial charge in [0.05, 0.1) is 17.4 Å². The number of carbonyl (C=O) groups is 2. The Morgan fingerprint density at radius 3 is 1.96 bits per heavy atom. The summed E-state index contributed by atoms with van der Waals surface area (Å²) in [7, 11) is 0. The number of aromatic carboxylic acids is 1. The number of allylic oxidation sites excluding steroid dienone is 1. The molecule has 24 heavy (non-hydrogen) atoms. The third kappa shape index (κ3) is 2.85. The van der Waals surface area contributed by atoms with Crippen LogP contribution in [0.1, 0.15) is 59.2 Å². The summed E-state index contributed by atoms with van der Waals surface area (Å²) in [5, 5.41) is 8.88. The van der Waals surface area contributed by atoms with Crippen molar-refractivity contribution in [2.24, 2.45) is 23.2 Å². The second-order valence-corrected chi connectivity index (χ2v) is 7.87. The quantitative estimate of drug-likeness (QED) is 0.663. The Morgan fingerprint density at radius 1 is 0.958 bits per heavy atom. The summed E-state index contributed by atoms with van der Waals surface area (Å²) in [4.78, 5) is 22.9. The van der Waals surface area contributed by atoms with E-state index < -0.39 is 11.9 Å². The van der Waals surface area contributed by atoms with Gasteiger partial charge in [0.25, 0.3) is 0 Å². The number of carbonyl (C=O) groups excluding carboxylic acids is 1. The van der Waals surface area contributed by atoms with E-state index in [1.54, 1.807) is 6.26 Å². The molecule has 1 N–H and O–H groups in total. The maximum atomic E-state index is 12.1. The number of rotatable bonds is 4. The van der Waals surface area contributed by atoms with E-state index in [9.17, 15) is 9.59 Å². The van der Waals surface area contributed by atoms with Gasteiger partial charge in [-0.25, -0.2) is 9.59 Å². The topological polar surface area (TPSA) is 63.6 Å². The highest BCUT2D eigenvalue weighted by Crippen LogP contribution is 2.60. The third-order valence-electron chi connectivity index (χ3n) is 6.05. The summed E-state index contributed by atoms with van der Waals surface area (Å²) in [6, 6.07) is 5.82. The van der Waals surface area contributed by atoms with Crippen LogP contribution in [0, 0.1) is 23.2 Å². The number of carboxylic acid groups (broad SMARTS) is 1. The minimum absolute atomic E-state index is 0.163. The molecular formula is C20H22O4. The van der Waals surface area contributed by atoms with Gasteiger partial charge in [0.15, 0.2) is 0 Å². The molecule has 0 atom stereocenters. The molecule has 0 aliphatic heterocycles. The van der Waals surface area contributed by atoms with Crippen molar-refractivity contribution in [1.29, 1.82) is 0 Å². The molecule has 4 nitrogen and oxygen atoms in total. The van der Waals surface area contributed by atoms with E-state index >= 15 is 0 Å². The maximum Gasteiger partial charge on any atom is 0.342 e. The number of benzene rings is 1. The highest BCUT2D eigenvalue weighted by molar-refractivity contribution is 5.92. The molecule has 0 radical (unpaired) electrons. The van der Waals surface area contributed by atoms with Crippen molar-refractivity contribution in [1.82, 2.24) is 0 Å². The summed E-state index contributed by atoms with van der Waals surface area (Å²) in [6.07, 6.45) is 11.6. The molecule has 4 fully saturated rings. The number of ether oxygens (including phenoxy) is 1. The summed E-state index contributed by atoms with van der Waals surface area (Å²) in [5.74, 6) is 1.14. The molecule has 0 aromatic heterocycles. The molecule has 4 saturated carbocycles. The maximum absolute atomic E-state index is 12.1. The summed E-state index contributed by atoms with van der Waals surface area (Å²) >= 11 is 0. The minimum atomic E-state index is -1.00. The van der Waals surface area contributed by atoms with Crippen LogP contribution in [0.2, 0.25) is 0 Å². The zero-order chi connectivity index (χ0) is 16.7. The first-order chi connectivity index (χ1) is 11.5. The number of carboxylic acids is 1. The normalized spacial score (nSPS) is 33.8. The lowest BCUT2D eigenvalue weighted by atomic mass is 9.50. The van der Waals surface area contributed by atoms with E-state index in [1.807, 2.05) is 0 Å². The monoisotopic (exact) mass is 326 g/mol. The Labute approximate surface area is 141 Å². The lowest BCUT2D eigenvalue weighted by Crippen LogP contribution is -2.45. The zero-order valence-electron chi connectivity index (χ0n) is 13.6. The average Bonchev–Trinajstić information content (AvgIpc) is 2.53. The molecule has 0 saturated heterocycles. The van der Waals surface area contributed by atoms with Crippen LogP contribution in [0.25, 0.3) is 0 Å². The fourth-order valence-electron chi connectivity index (χ4n) is 5.44. The van der Waals surface area contributed by atoms with Crippen molar-refractivity contribution in [2.45, 2.75) is 38.5 Å². The molecule has 0 amide bonds. The molecule has 4 bridgehead atoms. The van der Waals surface area contributed by atoms with Gasteiger partial charge in [0.2, 0.25) is 0 Å². The van der Waals surface area contributed by atoms with Gasteiger partial charge in [-0.05, 0) is 92.0 Å². The first-order valence-electron chi connectivity index (χ1n) is 8.75. The smallest absolute Gasteiger partial charge is 0.342 e. The molecule has 1 aromatic carbocycles. The van der Waals surface area contributed by atoms with E-state index in [0.717, 1.165) is 17.8 Å². The summed E-state index contributed by atoms with van der Waals surface area (Å²) in [6.45, 7) is 0. The van der Waals surface area contributed by atoms with Crippen LogP contribution < -0.4 is 0 Å². The fraction of sp³-hybridized carbons (Fsp3) is 0.500. The standard InChI is InChI=1S/C20H22O4/c21-18(22)16-1-3-17(4-2-16)19(23)24-6-5-20-10-13-7-14(11-20)9-15(8-13)12-20/h1-6,13-15H,7-12H2,(H,21,22). The van der Waals surface area contributed by atoms with Crippen molar-refractivity contribution in [3.05, 3.63) is 47.7 Å². The second-order valence-electron chi connectivity index (χ2n) is 7.87. The Bertz CT molecular complexity index is 651. The van der Waals surface area contributed by atoms with Gasteiger partial charge >= 0.3 is 11.9 Å². The van der Waals surface area contributed by atoms with Crippen LogP contribution in [0.5, 0.6) is 0 Å². The summed E-state index contributed by atoms with van der Waals surface area (Å²) < 4.78 is 5.30. The highest BCUT2D eigenvalue weighted by Gasteiger charge is 2.49. The molecule has 0 heterocycles. The van der Waals surface area contributed by atoms with Crippen LogP contribution in [0.3, 0.4) is 0 Å². The Morgan fingerprint density at radius 2 is 1.46 bits per heavy atom. The number of hydrogen-bond donors (Lipinski definition) is 1. The van der Waals surface area contributed by atoms with Gasteiger partial charge in [0.1, 0.15) is 0 Å². The Kier molecular flexibility index (Phi) is 3.70. The summed E-state index contributed by atoms with van der Waals surface area (Å²) in [5.41, 5.74) is 0.771. The first kappa shape index (κ1) is 15.4. The molecule has 4 heteroatoms. The molecule has 1 aromatic rings. The molecular weight excluding hydrogens is 304 g/mol. The van der Waals surface area contributed by atoms with E-state index in [2.05, 4.69) is 6.08 Å². The lowest BCUT2D eigenvalue weighted by molar-refractivity contribution is -0.0247. The van der Waals surface area contributed by atoms with E-state index in [4.69, 9.17) is 9.84 Å². The SMILES string of the molecule is O=C(O)c1ccc(C(=O)OC=CC23CC4CC(CC(C4)C2)C3)cc1. The van der Waals surface area contributed by atoms with E-state index in [1.165, 1.54) is 62.8 Å². The lowest BCUT2D eigenvalue weighted by Gasteiger charge is -2.55. The van der Waals surface area contributed by atoms with E-state index in [0.29, 0.717) is 5.56 Å². The number of esters is 1. The Balaban J connectivity index is 1.40. The van der Waals surface area contributed by atoms with Crippen LogP contribution in [-0.4, -0.2) is 17.0 Å². The van der Waals surface area contributed by atoms with Crippen LogP contribution in [0.15, 0.2) is 36.6 Å². The van der Waals surface area contributed by atoms with Gasteiger partial charge in [0, 0.05) is 0 Å². The van der Waals surface area contributed by atoms with Crippen LogP contribution in [-0.2, 0) is 4.74 Å².